The lowest BCUT2D eigenvalue weighted by Crippen LogP contribution is -2.28. The molecule has 118 valence electrons. The Balaban J connectivity index is 1.67. The van der Waals surface area contributed by atoms with Gasteiger partial charge in [-0.1, -0.05) is 29.8 Å². The fraction of sp³-hybridized carbons (Fsp3) is 0.294. The molecule has 0 bridgehead atoms. The lowest BCUT2D eigenvalue weighted by Gasteiger charge is -2.24. The normalized spacial score (nSPS) is 14.0. The van der Waals surface area contributed by atoms with Gasteiger partial charge in [0.05, 0.1) is 17.3 Å². The molecule has 3 heterocycles. The van der Waals surface area contributed by atoms with Gasteiger partial charge < -0.3 is 10.2 Å². The van der Waals surface area contributed by atoms with Crippen LogP contribution in [-0.4, -0.2) is 23.6 Å². The van der Waals surface area contributed by atoms with Crippen LogP contribution in [0, 0.1) is 0 Å². The molecule has 3 aromatic rings. The molecule has 1 aromatic carbocycles. The van der Waals surface area contributed by atoms with Crippen LogP contribution >= 0.6 is 22.9 Å². The van der Waals surface area contributed by atoms with E-state index in [0.29, 0.717) is 0 Å². The van der Waals surface area contributed by atoms with Crippen LogP contribution in [0.4, 0.5) is 5.82 Å². The number of nitrogens with one attached hydrogen (secondary N) is 1. The highest BCUT2D eigenvalue weighted by atomic mass is 35.5. The smallest absolute Gasteiger partial charge is 0.135 e. The highest BCUT2D eigenvalue weighted by Crippen LogP contribution is 2.36. The first kappa shape index (κ1) is 14.9. The third-order valence-corrected chi connectivity index (χ3v) is 5.90. The van der Waals surface area contributed by atoms with Crippen molar-refractivity contribution in [3.8, 4) is 0 Å². The quantitative estimate of drug-likeness (QED) is 0.787. The number of aromatic nitrogens is 2. The monoisotopic (exact) mass is 344 g/mol. The van der Waals surface area contributed by atoms with Crippen molar-refractivity contribution in [3.63, 3.8) is 0 Å². The Bertz CT molecular complexity index is 861. The molecule has 4 nitrogen and oxygen atoms in total. The number of nitrogens with zero attached hydrogens (tertiary/aromatic N) is 3. The minimum atomic E-state index is 0.759. The highest BCUT2D eigenvalue weighted by molar-refractivity contribution is 7.19. The minimum Gasteiger partial charge on any atom is -0.354 e. The molecule has 4 rings (SSSR count). The Morgan fingerprint density at radius 2 is 2.17 bits per heavy atom. The number of anilines is 1. The maximum atomic E-state index is 6.57. The summed E-state index contributed by atoms with van der Waals surface area (Å²) in [5, 5.41) is 5.35. The van der Waals surface area contributed by atoms with Gasteiger partial charge in [-0.3, -0.25) is 0 Å². The van der Waals surface area contributed by atoms with Gasteiger partial charge in [0.15, 0.2) is 0 Å². The molecule has 0 aliphatic carbocycles. The number of hydrogen-bond acceptors (Lipinski definition) is 5. The molecule has 0 fully saturated rings. The third kappa shape index (κ3) is 2.69. The summed E-state index contributed by atoms with van der Waals surface area (Å²) in [7, 11) is 2.07. The molecule has 0 radical (unpaired) electrons. The Kier molecular flexibility index (Phi) is 3.93. The number of thiophene rings is 1. The van der Waals surface area contributed by atoms with Crippen LogP contribution in [0.5, 0.6) is 0 Å². The van der Waals surface area contributed by atoms with Crippen LogP contribution < -0.4 is 10.2 Å². The number of benzene rings is 1. The van der Waals surface area contributed by atoms with E-state index in [0.717, 1.165) is 48.0 Å². The van der Waals surface area contributed by atoms with E-state index < -0.39 is 0 Å². The standard InChI is InChI=1S/C17H17ClN4S/c1-22(17-11-6-7-19-8-13(11)20-10-21-17)9-15-16(18)12-4-2-3-5-14(12)23-15/h2-5,10,19H,6-9H2,1H3. The molecular formula is C17H17ClN4S. The van der Waals surface area contributed by atoms with Crippen LogP contribution in [0.15, 0.2) is 30.6 Å². The molecule has 0 unspecified atom stereocenters. The molecule has 0 spiro atoms. The Morgan fingerprint density at radius 1 is 1.30 bits per heavy atom. The lowest BCUT2D eigenvalue weighted by molar-refractivity contribution is 0.620. The first-order chi connectivity index (χ1) is 11.2. The largest absolute Gasteiger partial charge is 0.354 e. The van der Waals surface area contributed by atoms with Gasteiger partial charge in [0.2, 0.25) is 0 Å². The zero-order valence-electron chi connectivity index (χ0n) is 12.8. The van der Waals surface area contributed by atoms with Crippen LogP contribution in [0.25, 0.3) is 10.1 Å². The summed E-state index contributed by atoms with van der Waals surface area (Å²) in [6.07, 6.45) is 2.63. The number of hydrogen-bond donors (Lipinski definition) is 1. The van der Waals surface area contributed by atoms with E-state index in [1.54, 1.807) is 17.7 Å². The SMILES string of the molecule is CN(Cc1sc2ccccc2c1Cl)c1ncnc2c1CCNC2. The zero-order chi connectivity index (χ0) is 15.8. The van der Waals surface area contributed by atoms with Gasteiger partial charge in [0, 0.05) is 34.1 Å². The Labute approximate surface area is 144 Å². The van der Waals surface area contributed by atoms with Gasteiger partial charge in [-0.2, -0.15) is 0 Å². The van der Waals surface area contributed by atoms with E-state index in [1.807, 2.05) is 6.07 Å². The predicted molar refractivity (Wildman–Crippen MR) is 96.4 cm³/mol. The highest BCUT2D eigenvalue weighted by Gasteiger charge is 2.19. The van der Waals surface area contributed by atoms with Crippen molar-refractivity contribution in [2.75, 3.05) is 18.5 Å². The summed E-state index contributed by atoms with van der Waals surface area (Å²) in [4.78, 5) is 12.3. The molecular weight excluding hydrogens is 328 g/mol. The molecule has 23 heavy (non-hydrogen) atoms. The summed E-state index contributed by atoms with van der Waals surface area (Å²) in [6.45, 7) is 2.56. The average molecular weight is 345 g/mol. The number of rotatable bonds is 3. The van der Waals surface area contributed by atoms with Crippen molar-refractivity contribution in [1.82, 2.24) is 15.3 Å². The summed E-state index contributed by atoms with van der Waals surface area (Å²) >= 11 is 8.33. The predicted octanol–water partition coefficient (Wildman–Crippen LogP) is 3.63. The second-order valence-electron chi connectivity index (χ2n) is 5.74. The fourth-order valence-electron chi connectivity index (χ4n) is 3.05. The van der Waals surface area contributed by atoms with Crippen LogP contribution in [0.2, 0.25) is 5.02 Å². The van der Waals surface area contributed by atoms with Crippen molar-refractivity contribution in [1.29, 1.82) is 0 Å². The number of fused-ring (bicyclic) bond motifs is 2. The lowest BCUT2D eigenvalue weighted by atomic mass is 10.1. The maximum Gasteiger partial charge on any atom is 0.135 e. The summed E-state index contributed by atoms with van der Waals surface area (Å²) in [5.41, 5.74) is 2.36. The van der Waals surface area contributed by atoms with Gasteiger partial charge in [-0.25, -0.2) is 9.97 Å². The molecule has 0 amide bonds. The topological polar surface area (TPSA) is 41.1 Å². The first-order valence-electron chi connectivity index (χ1n) is 7.64. The van der Waals surface area contributed by atoms with Gasteiger partial charge in [0.25, 0.3) is 0 Å². The van der Waals surface area contributed by atoms with Gasteiger partial charge in [-0.15, -0.1) is 11.3 Å². The Hall–Kier alpha value is -1.69. The van der Waals surface area contributed by atoms with Gasteiger partial charge in [-0.05, 0) is 19.0 Å². The van der Waals surface area contributed by atoms with Crippen molar-refractivity contribution in [3.05, 3.63) is 51.7 Å². The van der Waals surface area contributed by atoms with E-state index in [2.05, 4.69) is 45.4 Å². The molecule has 6 heteroatoms. The molecule has 0 saturated heterocycles. The summed E-state index contributed by atoms with van der Waals surface area (Å²) in [5.74, 6) is 1.02. The van der Waals surface area contributed by atoms with Crippen molar-refractivity contribution < 1.29 is 0 Å². The second kappa shape index (κ2) is 6.07. The van der Waals surface area contributed by atoms with E-state index in [1.165, 1.54) is 15.1 Å². The molecule has 1 N–H and O–H groups in total. The average Bonchev–Trinajstić information content (AvgIpc) is 2.90. The van der Waals surface area contributed by atoms with Crippen molar-refractivity contribution >= 4 is 38.8 Å². The maximum absolute atomic E-state index is 6.57. The fourth-order valence-corrected chi connectivity index (χ4v) is 4.60. The second-order valence-corrected chi connectivity index (χ2v) is 7.26. The minimum absolute atomic E-state index is 0.759. The van der Waals surface area contributed by atoms with Crippen LogP contribution in [0.1, 0.15) is 16.1 Å². The molecule has 0 atom stereocenters. The molecule has 2 aromatic heterocycles. The van der Waals surface area contributed by atoms with Crippen molar-refractivity contribution in [2.45, 2.75) is 19.5 Å². The van der Waals surface area contributed by atoms with Crippen LogP contribution in [0.3, 0.4) is 0 Å². The molecule has 1 aliphatic heterocycles. The van der Waals surface area contributed by atoms with Crippen molar-refractivity contribution in [2.24, 2.45) is 0 Å². The molecule has 1 aliphatic rings. The summed E-state index contributed by atoms with van der Waals surface area (Å²) < 4.78 is 1.23. The van der Waals surface area contributed by atoms with Crippen LogP contribution in [-0.2, 0) is 19.5 Å². The van der Waals surface area contributed by atoms with E-state index in [4.69, 9.17) is 11.6 Å². The van der Waals surface area contributed by atoms with E-state index in [-0.39, 0.29) is 0 Å². The van der Waals surface area contributed by atoms with Gasteiger partial charge >= 0.3 is 0 Å². The third-order valence-electron chi connectivity index (χ3n) is 4.20. The molecule has 0 saturated carbocycles. The van der Waals surface area contributed by atoms with E-state index >= 15 is 0 Å². The summed E-state index contributed by atoms with van der Waals surface area (Å²) in [6, 6.07) is 8.28. The zero-order valence-corrected chi connectivity index (χ0v) is 14.4. The Morgan fingerprint density at radius 3 is 3.04 bits per heavy atom. The van der Waals surface area contributed by atoms with E-state index in [9.17, 15) is 0 Å². The number of halogens is 1. The first-order valence-corrected chi connectivity index (χ1v) is 8.84. The van der Waals surface area contributed by atoms with Gasteiger partial charge in [0.1, 0.15) is 12.1 Å².